The predicted octanol–water partition coefficient (Wildman–Crippen LogP) is 3.45. The number of thioether (sulfide) groups is 1. The van der Waals surface area contributed by atoms with Crippen molar-refractivity contribution in [2.45, 2.75) is 11.5 Å². The van der Waals surface area contributed by atoms with Gasteiger partial charge in [0.15, 0.2) is 0 Å². The first-order valence-corrected chi connectivity index (χ1v) is 7.14. The van der Waals surface area contributed by atoms with Gasteiger partial charge in [0.2, 0.25) is 5.91 Å². The number of carbonyl (C=O) groups is 1. The van der Waals surface area contributed by atoms with Gasteiger partial charge in [-0.15, -0.1) is 11.8 Å². The van der Waals surface area contributed by atoms with Crippen LogP contribution in [0.5, 0.6) is 5.75 Å². The molecule has 0 unspecified atom stereocenters. The van der Waals surface area contributed by atoms with E-state index in [0.29, 0.717) is 17.1 Å². The number of carbonyl (C=O) groups excluding carboxylic acids is 1. The van der Waals surface area contributed by atoms with E-state index >= 15 is 0 Å². The number of amides is 1. The Morgan fingerprint density at radius 2 is 2.10 bits per heavy atom. The first-order chi connectivity index (χ1) is 9.72. The molecule has 0 fully saturated rings. The Hall–Kier alpha value is -2.01. The van der Waals surface area contributed by atoms with Crippen molar-refractivity contribution in [2.24, 2.45) is 0 Å². The molecule has 0 atom stereocenters. The number of ether oxygens (including phenoxy) is 1. The molecule has 0 saturated heterocycles. The molecule has 1 aliphatic heterocycles. The largest absolute Gasteiger partial charge is 0.489 e. The summed E-state index contributed by atoms with van der Waals surface area (Å²) in [5.74, 6) is 0.800. The van der Waals surface area contributed by atoms with Crippen LogP contribution in [0.3, 0.4) is 0 Å². The van der Waals surface area contributed by atoms with Crippen molar-refractivity contribution in [2.75, 3.05) is 11.1 Å². The molecule has 0 spiro atoms. The van der Waals surface area contributed by atoms with Crippen LogP contribution in [0.25, 0.3) is 0 Å². The lowest BCUT2D eigenvalue weighted by Crippen LogP contribution is -2.18. The first-order valence-electron chi connectivity index (χ1n) is 6.15. The summed E-state index contributed by atoms with van der Waals surface area (Å²) in [6, 6.07) is 12.0. The standard InChI is InChI=1S/C15H12FNO2S/c16-12-4-2-1-3-10(12)8-19-11-5-6-13-14(7-11)20-9-15(18)17-13/h1-7H,8-9H2,(H,17,18). The topological polar surface area (TPSA) is 38.3 Å². The summed E-state index contributed by atoms with van der Waals surface area (Å²) in [5, 5.41) is 2.79. The molecule has 1 amide bonds. The van der Waals surface area contributed by atoms with Crippen LogP contribution in [0.4, 0.5) is 10.1 Å². The zero-order chi connectivity index (χ0) is 13.9. The van der Waals surface area contributed by atoms with Crippen LogP contribution in [0.15, 0.2) is 47.4 Å². The van der Waals surface area contributed by atoms with Crippen LogP contribution in [0.1, 0.15) is 5.56 Å². The zero-order valence-corrected chi connectivity index (χ0v) is 11.4. The van der Waals surface area contributed by atoms with Gasteiger partial charge in [0.05, 0.1) is 11.4 Å². The molecule has 1 heterocycles. The maximum Gasteiger partial charge on any atom is 0.234 e. The Labute approximate surface area is 120 Å². The number of hydrogen-bond acceptors (Lipinski definition) is 3. The minimum Gasteiger partial charge on any atom is -0.489 e. The molecule has 2 aromatic carbocycles. The quantitative estimate of drug-likeness (QED) is 0.940. The van der Waals surface area contributed by atoms with Gasteiger partial charge in [-0.05, 0) is 24.3 Å². The first kappa shape index (κ1) is 13.0. The van der Waals surface area contributed by atoms with Crippen LogP contribution in [-0.2, 0) is 11.4 Å². The second-order valence-corrected chi connectivity index (χ2v) is 5.39. The molecule has 1 N–H and O–H groups in total. The van der Waals surface area contributed by atoms with Crippen LogP contribution < -0.4 is 10.1 Å². The van der Waals surface area contributed by atoms with E-state index in [0.717, 1.165) is 10.6 Å². The van der Waals surface area contributed by atoms with Gasteiger partial charge < -0.3 is 10.1 Å². The van der Waals surface area contributed by atoms with Crippen molar-refractivity contribution in [3.8, 4) is 5.75 Å². The Bertz CT molecular complexity index is 660. The molecular weight excluding hydrogens is 277 g/mol. The number of benzene rings is 2. The van der Waals surface area contributed by atoms with E-state index in [2.05, 4.69) is 5.32 Å². The lowest BCUT2D eigenvalue weighted by Gasteiger charge is -2.17. The second kappa shape index (κ2) is 5.54. The van der Waals surface area contributed by atoms with Gasteiger partial charge in [-0.2, -0.15) is 0 Å². The number of rotatable bonds is 3. The molecule has 0 aromatic heterocycles. The third-order valence-corrected chi connectivity index (χ3v) is 3.99. The van der Waals surface area contributed by atoms with Gasteiger partial charge in [-0.1, -0.05) is 18.2 Å². The minimum absolute atomic E-state index is 0.00234. The lowest BCUT2D eigenvalue weighted by atomic mass is 10.2. The van der Waals surface area contributed by atoms with E-state index in [9.17, 15) is 9.18 Å². The number of halogens is 1. The highest BCUT2D eigenvalue weighted by Crippen LogP contribution is 2.34. The molecule has 102 valence electrons. The van der Waals surface area contributed by atoms with Crippen molar-refractivity contribution >= 4 is 23.4 Å². The number of fused-ring (bicyclic) bond motifs is 1. The summed E-state index contributed by atoms with van der Waals surface area (Å²) in [6.45, 7) is 0.183. The van der Waals surface area contributed by atoms with E-state index in [1.807, 2.05) is 6.07 Å². The van der Waals surface area contributed by atoms with Crippen molar-refractivity contribution in [3.63, 3.8) is 0 Å². The zero-order valence-electron chi connectivity index (χ0n) is 10.6. The monoisotopic (exact) mass is 289 g/mol. The van der Waals surface area contributed by atoms with Gasteiger partial charge in [-0.25, -0.2) is 4.39 Å². The maximum atomic E-state index is 13.5. The summed E-state index contributed by atoms with van der Waals surface area (Å²) in [5.41, 5.74) is 1.32. The van der Waals surface area contributed by atoms with Crippen LogP contribution >= 0.6 is 11.8 Å². The fourth-order valence-electron chi connectivity index (χ4n) is 1.92. The third-order valence-electron chi connectivity index (χ3n) is 2.94. The van der Waals surface area contributed by atoms with Crippen LogP contribution in [0, 0.1) is 5.82 Å². The van der Waals surface area contributed by atoms with Crippen molar-refractivity contribution < 1.29 is 13.9 Å². The van der Waals surface area contributed by atoms with E-state index < -0.39 is 0 Å². The van der Waals surface area contributed by atoms with E-state index in [1.165, 1.54) is 17.8 Å². The maximum absolute atomic E-state index is 13.5. The van der Waals surface area contributed by atoms with Crippen LogP contribution in [-0.4, -0.2) is 11.7 Å². The van der Waals surface area contributed by atoms with Crippen molar-refractivity contribution in [3.05, 3.63) is 53.8 Å². The molecule has 20 heavy (non-hydrogen) atoms. The van der Waals surface area contributed by atoms with E-state index in [4.69, 9.17) is 4.74 Å². The predicted molar refractivity (Wildman–Crippen MR) is 76.5 cm³/mol. The molecule has 0 aliphatic carbocycles. The average Bonchev–Trinajstić information content (AvgIpc) is 2.46. The van der Waals surface area contributed by atoms with E-state index in [-0.39, 0.29) is 18.3 Å². The normalized spacial score (nSPS) is 13.6. The molecule has 5 heteroatoms. The van der Waals surface area contributed by atoms with Gasteiger partial charge in [0.25, 0.3) is 0 Å². The average molecular weight is 289 g/mol. The molecule has 2 aromatic rings. The minimum atomic E-state index is -0.271. The Balaban J connectivity index is 1.73. The van der Waals surface area contributed by atoms with Crippen molar-refractivity contribution in [1.29, 1.82) is 0 Å². The molecule has 0 bridgehead atoms. The van der Waals surface area contributed by atoms with E-state index in [1.54, 1.807) is 30.3 Å². The third kappa shape index (κ3) is 2.77. The fourth-order valence-corrected chi connectivity index (χ4v) is 2.75. The smallest absolute Gasteiger partial charge is 0.234 e. The summed E-state index contributed by atoms with van der Waals surface area (Å²) >= 11 is 1.47. The van der Waals surface area contributed by atoms with Crippen molar-refractivity contribution in [1.82, 2.24) is 0 Å². The highest BCUT2D eigenvalue weighted by atomic mass is 32.2. The van der Waals surface area contributed by atoms with Gasteiger partial charge in [0.1, 0.15) is 18.2 Å². The highest BCUT2D eigenvalue weighted by Gasteiger charge is 2.15. The Morgan fingerprint density at radius 1 is 1.25 bits per heavy atom. The summed E-state index contributed by atoms with van der Waals surface area (Å²) in [7, 11) is 0. The Morgan fingerprint density at radius 3 is 2.95 bits per heavy atom. The summed E-state index contributed by atoms with van der Waals surface area (Å²) in [6.07, 6.45) is 0. The SMILES string of the molecule is O=C1CSc2cc(OCc3ccccc3F)ccc2N1. The van der Waals surface area contributed by atoms with Gasteiger partial charge in [0, 0.05) is 10.5 Å². The molecule has 0 radical (unpaired) electrons. The molecule has 0 saturated carbocycles. The lowest BCUT2D eigenvalue weighted by molar-refractivity contribution is -0.113. The highest BCUT2D eigenvalue weighted by molar-refractivity contribution is 8.00. The molecule has 3 nitrogen and oxygen atoms in total. The second-order valence-electron chi connectivity index (χ2n) is 4.37. The molecule has 1 aliphatic rings. The number of anilines is 1. The number of hydrogen-bond donors (Lipinski definition) is 1. The van der Waals surface area contributed by atoms with Gasteiger partial charge in [-0.3, -0.25) is 4.79 Å². The number of nitrogens with one attached hydrogen (secondary N) is 1. The molecular formula is C15H12FNO2S. The summed E-state index contributed by atoms with van der Waals surface area (Å²) < 4.78 is 19.1. The fraction of sp³-hybridized carbons (Fsp3) is 0.133. The Kier molecular flexibility index (Phi) is 3.60. The van der Waals surface area contributed by atoms with Gasteiger partial charge >= 0.3 is 0 Å². The van der Waals surface area contributed by atoms with Crippen LogP contribution in [0.2, 0.25) is 0 Å². The molecule has 3 rings (SSSR count). The summed E-state index contributed by atoms with van der Waals surface area (Å²) in [4.78, 5) is 12.2.